The van der Waals surface area contributed by atoms with Crippen molar-refractivity contribution in [2.45, 2.75) is 39.2 Å². The molecule has 5 heteroatoms. The summed E-state index contributed by atoms with van der Waals surface area (Å²) < 4.78 is 5.41. The Balaban J connectivity index is 1.58. The first-order valence-corrected chi connectivity index (χ1v) is 8.16. The van der Waals surface area contributed by atoms with Crippen molar-refractivity contribution in [2.24, 2.45) is 5.41 Å². The summed E-state index contributed by atoms with van der Waals surface area (Å²) in [5.41, 5.74) is 0.189. The van der Waals surface area contributed by atoms with Crippen molar-refractivity contribution in [2.75, 3.05) is 24.5 Å². The zero-order valence-corrected chi connectivity index (χ0v) is 14.0. The molecule has 2 heterocycles. The zero-order chi connectivity index (χ0) is 16.7. The fourth-order valence-electron chi connectivity index (χ4n) is 3.27. The molecule has 0 bridgehead atoms. The van der Waals surface area contributed by atoms with Gasteiger partial charge in [0.1, 0.15) is 5.60 Å². The van der Waals surface area contributed by atoms with E-state index in [4.69, 9.17) is 4.74 Å². The predicted molar refractivity (Wildman–Crippen MR) is 88.3 cm³/mol. The van der Waals surface area contributed by atoms with Gasteiger partial charge in [0.2, 0.25) is 5.91 Å². The van der Waals surface area contributed by atoms with E-state index in [1.807, 2.05) is 56.0 Å². The molecule has 5 nitrogen and oxygen atoms in total. The van der Waals surface area contributed by atoms with Crippen molar-refractivity contribution >= 4 is 17.7 Å². The molecule has 1 aromatic carbocycles. The van der Waals surface area contributed by atoms with Gasteiger partial charge in [-0.05, 0) is 45.7 Å². The fraction of sp³-hybridized carbons (Fsp3) is 0.556. The Labute approximate surface area is 137 Å². The molecular weight excluding hydrogens is 292 g/mol. The summed E-state index contributed by atoms with van der Waals surface area (Å²) in [6, 6.07) is 9.75. The van der Waals surface area contributed by atoms with Gasteiger partial charge in [0.05, 0.1) is 5.41 Å². The van der Waals surface area contributed by atoms with Crippen LogP contribution in [-0.2, 0) is 9.53 Å². The van der Waals surface area contributed by atoms with E-state index in [1.165, 1.54) is 0 Å². The Hall–Kier alpha value is -2.04. The Morgan fingerprint density at radius 2 is 1.74 bits per heavy atom. The number of hydrogen-bond donors (Lipinski definition) is 0. The predicted octanol–water partition coefficient (Wildman–Crippen LogP) is 3.05. The number of rotatable bonds is 1. The van der Waals surface area contributed by atoms with E-state index >= 15 is 0 Å². The molecule has 2 saturated heterocycles. The molecule has 2 fully saturated rings. The maximum absolute atomic E-state index is 12.6. The Bertz CT molecular complexity index is 598. The number of piperidine rings is 1. The number of hydrogen-bond acceptors (Lipinski definition) is 3. The number of amides is 2. The second-order valence-electron chi connectivity index (χ2n) is 7.47. The van der Waals surface area contributed by atoms with E-state index in [2.05, 4.69) is 0 Å². The standard InChI is InChI=1S/C18H24N2O3/c1-17(2,3)23-16(22)19-11-9-18(10-12-19)13-20(15(18)21)14-7-5-4-6-8-14/h4-8H,9-13H2,1-3H3. The van der Waals surface area contributed by atoms with Crippen LogP contribution in [0.15, 0.2) is 30.3 Å². The third kappa shape index (κ3) is 3.05. The van der Waals surface area contributed by atoms with E-state index < -0.39 is 5.60 Å². The van der Waals surface area contributed by atoms with Crippen LogP contribution in [0.25, 0.3) is 0 Å². The van der Waals surface area contributed by atoms with E-state index in [1.54, 1.807) is 4.90 Å². The smallest absolute Gasteiger partial charge is 0.410 e. The lowest BCUT2D eigenvalue weighted by Gasteiger charge is -2.52. The number of ether oxygens (including phenoxy) is 1. The van der Waals surface area contributed by atoms with Crippen LogP contribution in [0.1, 0.15) is 33.6 Å². The summed E-state index contributed by atoms with van der Waals surface area (Å²) >= 11 is 0. The molecule has 2 aliphatic rings. The lowest BCUT2D eigenvalue weighted by molar-refractivity contribution is -0.138. The van der Waals surface area contributed by atoms with Gasteiger partial charge in [-0.1, -0.05) is 18.2 Å². The van der Waals surface area contributed by atoms with Gasteiger partial charge in [-0.2, -0.15) is 0 Å². The molecule has 0 atom stereocenters. The second kappa shape index (κ2) is 5.55. The van der Waals surface area contributed by atoms with Gasteiger partial charge in [0, 0.05) is 25.3 Å². The quantitative estimate of drug-likeness (QED) is 0.748. The maximum Gasteiger partial charge on any atom is 0.410 e. The van der Waals surface area contributed by atoms with Crippen LogP contribution in [0.4, 0.5) is 10.5 Å². The number of para-hydroxylation sites is 1. The summed E-state index contributed by atoms with van der Waals surface area (Å²) in [6.45, 7) is 7.52. The highest BCUT2D eigenvalue weighted by Crippen LogP contribution is 2.43. The molecular formula is C18H24N2O3. The van der Waals surface area contributed by atoms with Crippen LogP contribution >= 0.6 is 0 Å². The molecule has 2 aliphatic heterocycles. The van der Waals surface area contributed by atoms with Crippen molar-refractivity contribution in [1.82, 2.24) is 4.90 Å². The Morgan fingerprint density at radius 3 is 2.26 bits per heavy atom. The van der Waals surface area contributed by atoms with Gasteiger partial charge >= 0.3 is 6.09 Å². The molecule has 0 radical (unpaired) electrons. The van der Waals surface area contributed by atoms with Gasteiger partial charge in [0.15, 0.2) is 0 Å². The van der Waals surface area contributed by atoms with Crippen LogP contribution in [0.2, 0.25) is 0 Å². The minimum absolute atomic E-state index is 0.188. The number of carbonyl (C=O) groups is 2. The van der Waals surface area contributed by atoms with Crippen molar-refractivity contribution < 1.29 is 14.3 Å². The number of β-lactam (4-membered cyclic amide) rings is 1. The van der Waals surface area contributed by atoms with E-state index in [0.717, 1.165) is 12.2 Å². The third-order valence-electron chi connectivity index (χ3n) is 4.60. The minimum Gasteiger partial charge on any atom is -0.444 e. The lowest BCUT2D eigenvalue weighted by atomic mass is 9.71. The monoisotopic (exact) mass is 316 g/mol. The van der Waals surface area contributed by atoms with Crippen LogP contribution in [-0.4, -0.2) is 42.1 Å². The largest absolute Gasteiger partial charge is 0.444 e. The Kier molecular flexibility index (Phi) is 3.82. The molecule has 0 N–H and O–H groups in total. The first kappa shape index (κ1) is 15.8. The van der Waals surface area contributed by atoms with Gasteiger partial charge in [-0.15, -0.1) is 0 Å². The van der Waals surface area contributed by atoms with Gasteiger partial charge in [-0.25, -0.2) is 4.79 Å². The maximum atomic E-state index is 12.6. The van der Waals surface area contributed by atoms with Gasteiger partial charge in [0.25, 0.3) is 0 Å². The van der Waals surface area contributed by atoms with Gasteiger partial charge in [-0.3, -0.25) is 4.79 Å². The number of likely N-dealkylation sites (tertiary alicyclic amines) is 1. The van der Waals surface area contributed by atoms with Crippen LogP contribution < -0.4 is 4.90 Å². The summed E-state index contributed by atoms with van der Waals surface area (Å²) in [5.74, 6) is 0.188. The third-order valence-corrected chi connectivity index (χ3v) is 4.60. The van der Waals surface area contributed by atoms with Crippen LogP contribution in [0.3, 0.4) is 0 Å². The highest BCUT2D eigenvalue weighted by Gasteiger charge is 2.54. The molecule has 0 aromatic heterocycles. The summed E-state index contributed by atoms with van der Waals surface area (Å²) in [4.78, 5) is 28.3. The number of carbonyl (C=O) groups excluding carboxylic acids is 2. The molecule has 1 aromatic rings. The molecule has 1 spiro atoms. The average Bonchev–Trinajstić information content (AvgIpc) is 2.52. The average molecular weight is 316 g/mol. The van der Waals surface area contributed by atoms with Crippen molar-refractivity contribution in [3.8, 4) is 0 Å². The van der Waals surface area contributed by atoms with Crippen molar-refractivity contribution in [3.63, 3.8) is 0 Å². The normalized spacial score (nSPS) is 20.4. The molecule has 23 heavy (non-hydrogen) atoms. The Morgan fingerprint density at radius 1 is 1.13 bits per heavy atom. The molecule has 0 saturated carbocycles. The summed E-state index contributed by atoms with van der Waals surface area (Å²) in [7, 11) is 0. The molecule has 3 rings (SSSR count). The number of benzene rings is 1. The topological polar surface area (TPSA) is 49.9 Å². The minimum atomic E-state index is -0.484. The van der Waals surface area contributed by atoms with Crippen LogP contribution in [0, 0.1) is 5.41 Å². The SMILES string of the molecule is CC(C)(C)OC(=O)N1CCC2(CC1)CN(c1ccccc1)C2=O. The summed E-state index contributed by atoms with van der Waals surface area (Å²) in [6.07, 6.45) is 1.15. The first-order valence-electron chi connectivity index (χ1n) is 8.16. The fourth-order valence-corrected chi connectivity index (χ4v) is 3.27. The van der Waals surface area contributed by atoms with E-state index in [0.29, 0.717) is 25.9 Å². The van der Waals surface area contributed by atoms with Crippen LogP contribution in [0.5, 0.6) is 0 Å². The highest BCUT2D eigenvalue weighted by atomic mass is 16.6. The lowest BCUT2D eigenvalue weighted by Crippen LogP contribution is -2.65. The number of anilines is 1. The summed E-state index contributed by atoms with van der Waals surface area (Å²) in [5, 5.41) is 0. The molecule has 124 valence electrons. The van der Waals surface area contributed by atoms with Crippen molar-refractivity contribution in [3.05, 3.63) is 30.3 Å². The molecule has 2 amide bonds. The number of nitrogens with zero attached hydrogens (tertiary/aromatic N) is 2. The first-order chi connectivity index (χ1) is 10.8. The van der Waals surface area contributed by atoms with Gasteiger partial charge < -0.3 is 14.5 Å². The molecule has 0 unspecified atom stereocenters. The van der Waals surface area contributed by atoms with Crippen molar-refractivity contribution in [1.29, 1.82) is 0 Å². The molecule has 0 aliphatic carbocycles. The second-order valence-corrected chi connectivity index (χ2v) is 7.47. The van der Waals surface area contributed by atoms with E-state index in [9.17, 15) is 9.59 Å². The van der Waals surface area contributed by atoms with E-state index in [-0.39, 0.29) is 17.4 Å². The zero-order valence-electron chi connectivity index (χ0n) is 14.0. The highest BCUT2D eigenvalue weighted by molar-refractivity contribution is 6.04.